The largest absolute Gasteiger partial charge is 0.399 e. The van der Waals surface area contributed by atoms with Crippen LogP contribution in [0.2, 0.25) is 0 Å². The van der Waals surface area contributed by atoms with Crippen molar-refractivity contribution in [3.63, 3.8) is 0 Å². The second-order valence-electron chi connectivity index (χ2n) is 3.43. The highest BCUT2D eigenvalue weighted by atomic mass is 14.7. The number of anilines is 3. The van der Waals surface area contributed by atoms with E-state index in [0.29, 0.717) is 11.4 Å². The molecule has 0 aliphatic carbocycles. The maximum Gasteiger partial charge on any atom is 0.0627 e. The quantitative estimate of drug-likeness (QED) is 0.615. The summed E-state index contributed by atoms with van der Waals surface area (Å²) in [4.78, 5) is 0. The highest BCUT2D eigenvalue weighted by Crippen LogP contribution is 2.30. The zero-order valence-electron chi connectivity index (χ0n) is 8.27. The third-order valence-electron chi connectivity index (χ3n) is 2.36. The van der Waals surface area contributed by atoms with Crippen LogP contribution in [0.3, 0.4) is 0 Å². The molecule has 0 aliphatic heterocycles. The zero-order valence-corrected chi connectivity index (χ0v) is 8.27. The van der Waals surface area contributed by atoms with Gasteiger partial charge in [0.2, 0.25) is 0 Å². The summed E-state index contributed by atoms with van der Waals surface area (Å²) in [6.45, 7) is 0. The fraction of sp³-hybridized carbons (Fsp3) is 0. The summed E-state index contributed by atoms with van der Waals surface area (Å²) >= 11 is 0. The Morgan fingerprint density at radius 2 is 1.40 bits per heavy atom. The molecule has 0 fully saturated rings. The predicted molar refractivity (Wildman–Crippen MR) is 65.1 cm³/mol. The van der Waals surface area contributed by atoms with Gasteiger partial charge in [0.05, 0.1) is 11.4 Å². The molecule has 0 heterocycles. The van der Waals surface area contributed by atoms with Gasteiger partial charge in [0, 0.05) is 11.3 Å². The molecule has 0 unspecified atom stereocenters. The van der Waals surface area contributed by atoms with Crippen molar-refractivity contribution in [2.45, 2.75) is 0 Å². The van der Waals surface area contributed by atoms with E-state index in [1.54, 1.807) is 6.07 Å². The molecule has 0 radical (unpaired) electrons. The first-order valence-corrected chi connectivity index (χ1v) is 4.68. The van der Waals surface area contributed by atoms with Crippen LogP contribution in [0.1, 0.15) is 0 Å². The SMILES string of the molecule is Nc1ccc(-c2cccc(N)c2N)cc1. The van der Waals surface area contributed by atoms with Gasteiger partial charge in [0.25, 0.3) is 0 Å². The van der Waals surface area contributed by atoms with Gasteiger partial charge in [-0.2, -0.15) is 0 Å². The number of hydrogen-bond acceptors (Lipinski definition) is 3. The smallest absolute Gasteiger partial charge is 0.0627 e. The minimum absolute atomic E-state index is 0.601. The maximum absolute atomic E-state index is 5.90. The third-order valence-corrected chi connectivity index (χ3v) is 2.36. The van der Waals surface area contributed by atoms with Crippen molar-refractivity contribution in [2.75, 3.05) is 17.2 Å². The molecule has 0 bridgehead atoms. The van der Waals surface area contributed by atoms with Gasteiger partial charge in [-0.1, -0.05) is 24.3 Å². The first-order chi connectivity index (χ1) is 7.18. The topological polar surface area (TPSA) is 78.1 Å². The Kier molecular flexibility index (Phi) is 2.21. The first kappa shape index (κ1) is 9.40. The summed E-state index contributed by atoms with van der Waals surface area (Å²) < 4.78 is 0. The second-order valence-corrected chi connectivity index (χ2v) is 3.43. The molecular formula is C12H13N3. The molecule has 2 rings (SSSR count). The van der Waals surface area contributed by atoms with Crippen LogP contribution in [0.25, 0.3) is 11.1 Å². The van der Waals surface area contributed by atoms with Gasteiger partial charge in [-0.3, -0.25) is 0 Å². The van der Waals surface area contributed by atoms with Crippen LogP contribution in [-0.4, -0.2) is 0 Å². The van der Waals surface area contributed by atoms with E-state index in [9.17, 15) is 0 Å². The van der Waals surface area contributed by atoms with Crippen LogP contribution < -0.4 is 17.2 Å². The van der Waals surface area contributed by atoms with E-state index >= 15 is 0 Å². The predicted octanol–water partition coefficient (Wildman–Crippen LogP) is 2.10. The lowest BCUT2D eigenvalue weighted by Crippen LogP contribution is -1.96. The first-order valence-electron chi connectivity index (χ1n) is 4.68. The van der Waals surface area contributed by atoms with Crippen molar-refractivity contribution < 1.29 is 0 Å². The Morgan fingerprint density at radius 1 is 0.733 bits per heavy atom. The number of nitrogen functional groups attached to an aromatic ring is 3. The minimum atomic E-state index is 0.601. The van der Waals surface area contributed by atoms with Crippen molar-refractivity contribution in [1.29, 1.82) is 0 Å². The van der Waals surface area contributed by atoms with Gasteiger partial charge in [0.15, 0.2) is 0 Å². The number of nitrogens with two attached hydrogens (primary N) is 3. The molecule has 2 aromatic rings. The lowest BCUT2D eigenvalue weighted by Gasteiger charge is -2.08. The average molecular weight is 199 g/mol. The highest BCUT2D eigenvalue weighted by molar-refractivity contribution is 5.84. The molecule has 6 N–H and O–H groups in total. The van der Waals surface area contributed by atoms with E-state index in [2.05, 4.69) is 0 Å². The Labute approximate surface area is 88.5 Å². The van der Waals surface area contributed by atoms with Crippen LogP contribution in [-0.2, 0) is 0 Å². The van der Waals surface area contributed by atoms with Crippen LogP contribution in [0.5, 0.6) is 0 Å². The van der Waals surface area contributed by atoms with Crippen molar-refractivity contribution in [3.8, 4) is 11.1 Å². The van der Waals surface area contributed by atoms with E-state index in [4.69, 9.17) is 17.2 Å². The summed E-state index contributed by atoms with van der Waals surface area (Å²) in [6.07, 6.45) is 0. The molecule has 0 saturated carbocycles. The van der Waals surface area contributed by atoms with Crippen LogP contribution >= 0.6 is 0 Å². The van der Waals surface area contributed by atoms with Crippen molar-refractivity contribution in [3.05, 3.63) is 42.5 Å². The highest BCUT2D eigenvalue weighted by Gasteiger charge is 2.03. The average Bonchev–Trinajstić information content (AvgIpc) is 2.24. The third kappa shape index (κ3) is 1.72. The lowest BCUT2D eigenvalue weighted by atomic mass is 10.0. The molecule has 3 nitrogen and oxygen atoms in total. The summed E-state index contributed by atoms with van der Waals surface area (Å²) in [5, 5.41) is 0. The second kappa shape index (κ2) is 3.53. The fourth-order valence-corrected chi connectivity index (χ4v) is 1.50. The number of hydrogen-bond donors (Lipinski definition) is 3. The standard InChI is InChI=1S/C12H13N3/c13-9-6-4-8(5-7-9)10-2-1-3-11(14)12(10)15/h1-7H,13-15H2. The molecular weight excluding hydrogens is 186 g/mol. The minimum Gasteiger partial charge on any atom is -0.399 e. The number of benzene rings is 2. The monoisotopic (exact) mass is 199 g/mol. The van der Waals surface area contributed by atoms with Crippen LogP contribution in [0.15, 0.2) is 42.5 Å². The summed E-state index contributed by atoms with van der Waals surface area (Å²) in [6, 6.07) is 13.2. The number of para-hydroxylation sites is 1. The van der Waals surface area contributed by atoms with E-state index < -0.39 is 0 Å². The Hall–Kier alpha value is -2.16. The molecule has 2 aromatic carbocycles. The van der Waals surface area contributed by atoms with E-state index in [1.165, 1.54) is 0 Å². The van der Waals surface area contributed by atoms with Gasteiger partial charge >= 0.3 is 0 Å². The molecule has 0 amide bonds. The summed E-state index contributed by atoms with van der Waals surface area (Å²) in [7, 11) is 0. The van der Waals surface area contributed by atoms with Gasteiger partial charge in [-0.05, 0) is 23.8 Å². The van der Waals surface area contributed by atoms with Gasteiger partial charge in [0.1, 0.15) is 0 Å². The Bertz CT molecular complexity index is 475. The van der Waals surface area contributed by atoms with E-state index in [0.717, 1.165) is 16.8 Å². The van der Waals surface area contributed by atoms with Crippen molar-refractivity contribution in [1.82, 2.24) is 0 Å². The van der Waals surface area contributed by atoms with E-state index in [-0.39, 0.29) is 0 Å². The molecule has 3 heteroatoms. The normalized spacial score (nSPS) is 10.1. The molecule has 15 heavy (non-hydrogen) atoms. The van der Waals surface area contributed by atoms with Gasteiger partial charge in [-0.25, -0.2) is 0 Å². The molecule has 76 valence electrons. The van der Waals surface area contributed by atoms with Crippen molar-refractivity contribution in [2.24, 2.45) is 0 Å². The van der Waals surface area contributed by atoms with E-state index in [1.807, 2.05) is 36.4 Å². The Morgan fingerprint density at radius 3 is 2.07 bits per heavy atom. The lowest BCUT2D eigenvalue weighted by molar-refractivity contribution is 1.60. The van der Waals surface area contributed by atoms with Crippen molar-refractivity contribution >= 4 is 17.1 Å². The molecule has 0 spiro atoms. The van der Waals surface area contributed by atoms with Crippen LogP contribution in [0.4, 0.5) is 17.1 Å². The fourth-order valence-electron chi connectivity index (χ4n) is 1.50. The van der Waals surface area contributed by atoms with Gasteiger partial charge < -0.3 is 17.2 Å². The summed E-state index contributed by atoms with van der Waals surface area (Å²) in [5.41, 5.74) is 21.2. The van der Waals surface area contributed by atoms with Gasteiger partial charge in [-0.15, -0.1) is 0 Å². The molecule has 0 aromatic heterocycles. The maximum atomic E-state index is 5.90. The number of rotatable bonds is 1. The molecule has 0 saturated heterocycles. The van der Waals surface area contributed by atoms with Crippen LogP contribution in [0, 0.1) is 0 Å². The molecule has 0 atom stereocenters. The molecule has 0 aliphatic rings. The Balaban J connectivity index is 2.54. The summed E-state index contributed by atoms with van der Waals surface area (Å²) in [5.74, 6) is 0. The zero-order chi connectivity index (χ0) is 10.8.